The van der Waals surface area contributed by atoms with E-state index in [1.54, 1.807) is 0 Å². The van der Waals surface area contributed by atoms with Gasteiger partial charge in [-0.1, -0.05) is 37.4 Å². The van der Waals surface area contributed by atoms with Crippen LogP contribution in [-0.4, -0.2) is 97.5 Å². The monoisotopic (exact) mass is 1250 g/mol. The molecule has 3 atom stereocenters. The van der Waals surface area contributed by atoms with Crippen molar-refractivity contribution in [3.63, 3.8) is 0 Å². The number of aromatic carboxylic acids is 1. The second kappa shape index (κ2) is 21.6. The number of alkyl halides is 6. The van der Waals surface area contributed by atoms with E-state index in [0.29, 0.717) is 17.0 Å². The Morgan fingerprint density at radius 1 is 0.964 bits per heavy atom. The van der Waals surface area contributed by atoms with Crippen LogP contribution >= 0.6 is 19.4 Å². The molecule has 83 heavy (non-hydrogen) atoms. The number of carboxylic acid groups (broad SMARTS) is 1. The number of sulfonamides is 1. The largest absolute Gasteiger partial charge is 0.524 e. The van der Waals surface area contributed by atoms with E-state index in [1.165, 1.54) is 46.8 Å². The van der Waals surface area contributed by atoms with Gasteiger partial charge in [-0.2, -0.15) is 36.5 Å². The number of hydrogen-bond acceptors (Lipinski definition) is 12. The van der Waals surface area contributed by atoms with Gasteiger partial charge >= 0.3 is 20.0 Å². The number of carbonyl (C=O) groups excluding carboxylic acids is 2. The molecule has 3 aromatic carbocycles. The van der Waals surface area contributed by atoms with Crippen LogP contribution in [0.15, 0.2) is 54.6 Å². The molecule has 0 spiro atoms. The second-order valence-corrected chi connectivity index (χ2v) is 27.3. The van der Waals surface area contributed by atoms with Gasteiger partial charge in [-0.05, 0) is 99.0 Å². The van der Waals surface area contributed by atoms with Crippen molar-refractivity contribution in [1.29, 1.82) is 0 Å². The fourth-order valence-electron chi connectivity index (χ4n) is 10.3. The number of anilines is 1. The SMILES string of the molecule is Cc1cc(C(=O)O)cc(OP(=O)(O)O)c1C(C)(C)CC(=O)N(c1nn(CC(F)(F)F)c2c(-c3ccc(C#CC(C)(C)S(C)(=O)=O)nc3[C@H](Cc3cc(F)cc(F)c3)NC(=O)Cn3nc(CF)c4c3C(F)(F)C3C[C@H]43)ccc(Cl)c12)S(C)(=O)=O. The van der Waals surface area contributed by atoms with E-state index in [4.69, 9.17) is 16.1 Å². The van der Waals surface area contributed by atoms with Gasteiger partial charge in [0.2, 0.25) is 21.8 Å². The van der Waals surface area contributed by atoms with Crippen LogP contribution in [0.4, 0.5) is 40.9 Å². The van der Waals surface area contributed by atoms with Crippen molar-refractivity contribution in [3.8, 4) is 28.7 Å². The molecule has 19 nitrogen and oxygen atoms in total. The number of sulfone groups is 1. The van der Waals surface area contributed by atoms with Crippen molar-refractivity contribution in [2.75, 3.05) is 16.8 Å². The Hall–Kier alpha value is -6.96. The second-order valence-electron chi connectivity index (χ2n) is 21.3. The van der Waals surface area contributed by atoms with Gasteiger partial charge in [0.1, 0.15) is 53.3 Å². The van der Waals surface area contributed by atoms with Crippen molar-refractivity contribution < 1.29 is 90.3 Å². The summed E-state index contributed by atoms with van der Waals surface area (Å²) in [5.41, 5.74) is -5.84. The van der Waals surface area contributed by atoms with Crippen molar-refractivity contribution >= 4 is 73.8 Å². The Balaban J connectivity index is 1.35. The summed E-state index contributed by atoms with van der Waals surface area (Å²) in [6.45, 7) is 2.05. The molecule has 0 saturated heterocycles. The molecule has 2 aliphatic rings. The quantitative estimate of drug-likeness (QED) is 0.0355. The number of benzene rings is 3. The number of hydrogen-bond donors (Lipinski definition) is 4. The number of nitrogens with zero attached hydrogens (tertiary/aromatic N) is 6. The summed E-state index contributed by atoms with van der Waals surface area (Å²) in [6, 6.07) is 6.82. The number of aryl methyl sites for hydroxylation is 1. The molecule has 0 bridgehead atoms. The highest BCUT2D eigenvalue weighted by atomic mass is 35.5. The average molecular weight is 1250 g/mol. The highest BCUT2D eigenvalue weighted by Gasteiger charge is 2.66. The van der Waals surface area contributed by atoms with Crippen LogP contribution in [-0.2, 0) is 71.5 Å². The Bertz CT molecular complexity index is 4040. The maximum Gasteiger partial charge on any atom is 0.524 e. The van der Waals surface area contributed by atoms with E-state index in [1.807, 2.05) is 0 Å². The molecule has 444 valence electrons. The lowest BCUT2D eigenvalue weighted by atomic mass is 9.78. The van der Waals surface area contributed by atoms with Gasteiger partial charge in [-0.3, -0.25) is 28.7 Å². The van der Waals surface area contributed by atoms with Gasteiger partial charge in [-0.25, -0.2) is 44.4 Å². The predicted octanol–water partition coefficient (Wildman–Crippen LogP) is 8.88. The van der Waals surface area contributed by atoms with Crippen molar-refractivity contribution in [2.24, 2.45) is 5.92 Å². The van der Waals surface area contributed by atoms with Crippen molar-refractivity contribution in [1.82, 2.24) is 29.9 Å². The van der Waals surface area contributed by atoms with Gasteiger partial charge in [0.05, 0.1) is 45.2 Å². The first-order valence-corrected chi connectivity index (χ1v) is 30.2. The first kappa shape index (κ1) is 62.1. The number of phosphoric acid groups is 1. The van der Waals surface area contributed by atoms with Gasteiger partial charge in [-0.15, -0.1) is 0 Å². The zero-order valence-corrected chi connectivity index (χ0v) is 47.8. The summed E-state index contributed by atoms with van der Waals surface area (Å²) in [5, 5.41) is 19.1. The zero-order chi connectivity index (χ0) is 61.6. The number of pyridine rings is 1. The maximum atomic E-state index is 15.7. The minimum Gasteiger partial charge on any atom is -0.478 e. The molecule has 0 radical (unpaired) electrons. The molecule has 4 N–H and O–H groups in total. The van der Waals surface area contributed by atoms with E-state index >= 15 is 8.78 Å². The van der Waals surface area contributed by atoms with Crippen LogP contribution < -0.4 is 14.1 Å². The number of aromatic nitrogens is 5. The maximum absolute atomic E-state index is 15.7. The summed E-state index contributed by atoms with van der Waals surface area (Å²) in [4.78, 5) is 65.2. The highest BCUT2D eigenvalue weighted by Crippen LogP contribution is 2.67. The third-order valence-corrected chi connectivity index (χ3v) is 17.8. The molecule has 31 heteroatoms. The molecule has 1 saturated carbocycles. The zero-order valence-electron chi connectivity index (χ0n) is 44.5. The molecule has 2 amide bonds. The normalized spacial score (nSPS) is 16.4. The first-order chi connectivity index (χ1) is 38.1. The molecule has 1 fully saturated rings. The van der Waals surface area contributed by atoms with Gasteiger partial charge in [0.25, 0.3) is 5.92 Å². The van der Waals surface area contributed by atoms with Gasteiger partial charge in [0.15, 0.2) is 15.7 Å². The molecule has 3 aromatic heterocycles. The molecule has 6 aromatic rings. The summed E-state index contributed by atoms with van der Waals surface area (Å²) >= 11 is 6.79. The van der Waals surface area contributed by atoms with Crippen molar-refractivity contribution in [3.05, 3.63) is 122 Å². The number of halogens is 9. The van der Waals surface area contributed by atoms with Crippen LogP contribution in [0.5, 0.6) is 5.75 Å². The van der Waals surface area contributed by atoms with E-state index in [-0.39, 0.29) is 60.2 Å². The Kier molecular flexibility index (Phi) is 16.2. The minimum absolute atomic E-state index is 0.0177. The molecule has 8 rings (SSSR count). The van der Waals surface area contributed by atoms with Crippen molar-refractivity contribution in [2.45, 2.75) is 108 Å². The minimum atomic E-state index is -5.47. The van der Waals surface area contributed by atoms with Gasteiger partial charge in [0, 0.05) is 52.3 Å². The molecular weight excluding hydrogens is 1200 g/mol. The third-order valence-electron chi connectivity index (χ3n) is 14.0. The lowest BCUT2D eigenvalue weighted by Crippen LogP contribution is -2.40. The molecular formula is C52H49ClF8N7O12PS2. The number of nitrogens with one attached hydrogen (secondary N) is 1. The highest BCUT2D eigenvalue weighted by molar-refractivity contribution is 7.93. The molecule has 0 aliphatic heterocycles. The fourth-order valence-corrected chi connectivity index (χ4v) is 12.1. The third kappa shape index (κ3) is 12.8. The predicted molar refractivity (Wildman–Crippen MR) is 283 cm³/mol. The number of carbonyl (C=O) groups is 3. The summed E-state index contributed by atoms with van der Waals surface area (Å²) in [6.07, 6.45) is -5.42. The van der Waals surface area contributed by atoms with E-state index in [9.17, 15) is 77.0 Å². The summed E-state index contributed by atoms with van der Waals surface area (Å²) in [5.74, 6) is -8.39. The van der Waals surface area contributed by atoms with Crippen LogP contribution in [0.3, 0.4) is 0 Å². The van der Waals surface area contributed by atoms with Crippen LogP contribution in [0.2, 0.25) is 5.02 Å². The first-order valence-electron chi connectivity index (χ1n) is 24.6. The number of carboxylic acids is 1. The van der Waals surface area contributed by atoms with Gasteiger partial charge < -0.3 is 14.9 Å². The lowest BCUT2D eigenvalue weighted by Gasteiger charge is -2.31. The number of fused-ring (bicyclic) bond motifs is 4. The molecule has 3 heterocycles. The smallest absolute Gasteiger partial charge is 0.478 e. The fraction of sp³-hybridized carbons (Fsp3) is 0.385. The van der Waals surface area contributed by atoms with E-state index in [0.717, 1.165) is 42.7 Å². The lowest BCUT2D eigenvalue weighted by molar-refractivity contribution is -0.141. The molecule has 1 unspecified atom stereocenters. The molecule has 2 aliphatic carbocycles. The standard InChI is InChI=1S/C52H49ClF8N7O12PS2/c1-25-14-27(48(71)72)18-38(80-81(73,74)75)43(25)49(2,3)21-40(70)68(83(7,78)79)47-42-35(53)11-10-32(45(42)67(65-47)24-51(57,58)59)31-9-8-30(12-13-50(4,5)82(6,76)77)62-44(31)36(17-26-15-28(55)19-29(56)16-26)63-39(69)23-66-46-41(37(22-54)64-66)33-20-34(33)52(46,60)61/h8-11,14-16,18-19,33-34,36H,17,20-24H2,1-7H3,(H,63,69)(H,71,72)(H2,73,74,75)/t33-,34?,36-/m0/s1. The van der Waals surface area contributed by atoms with Crippen LogP contribution in [0, 0.1) is 36.3 Å². The number of phosphoric ester groups is 1. The summed E-state index contributed by atoms with van der Waals surface area (Å²) < 4.78 is 190. The van der Waals surface area contributed by atoms with E-state index in [2.05, 4.69) is 32.3 Å². The van der Waals surface area contributed by atoms with Crippen LogP contribution in [0.25, 0.3) is 22.0 Å². The Morgan fingerprint density at radius 3 is 2.18 bits per heavy atom. The Labute approximate surface area is 473 Å². The van der Waals surface area contributed by atoms with E-state index < -0.39 is 174 Å². The number of rotatable bonds is 18. The topological polar surface area (TPSA) is 270 Å². The Morgan fingerprint density at radius 2 is 1.60 bits per heavy atom. The number of amides is 2. The average Bonchev–Trinajstić information content (AvgIpc) is 1.90. The summed E-state index contributed by atoms with van der Waals surface area (Å²) in [7, 11) is -14.4. The van der Waals surface area contributed by atoms with Crippen LogP contribution in [0.1, 0.15) is 108 Å².